The Bertz CT molecular complexity index is 698. The minimum Gasteiger partial charge on any atom is -0.493 e. The maximum atomic E-state index is 13.9. The topological polar surface area (TPSA) is 64.6 Å². The normalized spacial score (nSPS) is 11.2. The Balaban J connectivity index is 2.39. The summed E-state index contributed by atoms with van der Waals surface area (Å²) in [6, 6.07) is 5.33. The van der Waals surface area contributed by atoms with Crippen molar-refractivity contribution in [3.05, 3.63) is 35.5 Å². The van der Waals surface area contributed by atoms with Crippen molar-refractivity contribution in [3.63, 3.8) is 0 Å². The van der Waals surface area contributed by atoms with Crippen LogP contribution in [0.2, 0.25) is 0 Å². The standard InChI is InChI=1S/C12H12FNO4S2/c1-17-10-6-8(13)9(7-11(10)18-2)14-20(15,16)12-4-3-5-19-12/h3-7,14H,1-2H3. The highest BCUT2D eigenvalue weighted by Gasteiger charge is 2.19. The van der Waals surface area contributed by atoms with Gasteiger partial charge in [0.15, 0.2) is 17.3 Å². The zero-order valence-electron chi connectivity index (χ0n) is 10.7. The van der Waals surface area contributed by atoms with Gasteiger partial charge in [-0.25, -0.2) is 12.8 Å². The number of hydrogen-bond donors (Lipinski definition) is 1. The van der Waals surface area contributed by atoms with E-state index in [9.17, 15) is 12.8 Å². The highest BCUT2D eigenvalue weighted by Crippen LogP contribution is 2.33. The Morgan fingerprint density at radius 2 is 1.85 bits per heavy atom. The van der Waals surface area contributed by atoms with Crippen molar-refractivity contribution in [1.29, 1.82) is 0 Å². The lowest BCUT2D eigenvalue weighted by atomic mass is 10.2. The third-order valence-electron chi connectivity index (χ3n) is 2.48. The fourth-order valence-electron chi connectivity index (χ4n) is 1.54. The molecule has 1 aromatic heterocycles. The third-order valence-corrected chi connectivity index (χ3v) is 5.24. The van der Waals surface area contributed by atoms with E-state index < -0.39 is 15.8 Å². The summed E-state index contributed by atoms with van der Waals surface area (Å²) in [5.74, 6) is -0.329. The summed E-state index contributed by atoms with van der Waals surface area (Å²) in [7, 11) is -1.05. The van der Waals surface area contributed by atoms with Gasteiger partial charge in [-0.2, -0.15) is 0 Å². The van der Waals surface area contributed by atoms with E-state index in [1.54, 1.807) is 11.4 Å². The summed E-state index contributed by atoms with van der Waals surface area (Å²) < 4.78 is 50.2. The first-order valence-corrected chi connectivity index (χ1v) is 7.82. The molecule has 0 amide bonds. The number of anilines is 1. The highest BCUT2D eigenvalue weighted by atomic mass is 32.2. The van der Waals surface area contributed by atoms with Crippen molar-refractivity contribution >= 4 is 27.0 Å². The van der Waals surface area contributed by atoms with Crippen LogP contribution in [0.4, 0.5) is 10.1 Å². The zero-order chi connectivity index (χ0) is 14.8. The monoisotopic (exact) mass is 317 g/mol. The van der Waals surface area contributed by atoms with Crippen LogP contribution >= 0.6 is 11.3 Å². The second-order valence-corrected chi connectivity index (χ2v) is 6.58. The maximum absolute atomic E-state index is 13.9. The molecule has 20 heavy (non-hydrogen) atoms. The number of hydrogen-bond acceptors (Lipinski definition) is 5. The average molecular weight is 317 g/mol. The molecule has 1 aromatic carbocycles. The lowest BCUT2D eigenvalue weighted by molar-refractivity contribution is 0.353. The zero-order valence-corrected chi connectivity index (χ0v) is 12.3. The van der Waals surface area contributed by atoms with Gasteiger partial charge in [-0.3, -0.25) is 4.72 Å². The van der Waals surface area contributed by atoms with Crippen LogP contribution in [0.25, 0.3) is 0 Å². The van der Waals surface area contributed by atoms with Gasteiger partial charge < -0.3 is 9.47 Å². The first-order chi connectivity index (χ1) is 9.47. The summed E-state index contributed by atoms with van der Waals surface area (Å²) in [6.45, 7) is 0. The van der Waals surface area contributed by atoms with Crippen LogP contribution in [0.1, 0.15) is 0 Å². The second-order valence-electron chi connectivity index (χ2n) is 3.72. The molecule has 0 fully saturated rings. The molecular formula is C12H12FNO4S2. The first-order valence-electron chi connectivity index (χ1n) is 5.46. The van der Waals surface area contributed by atoms with E-state index in [2.05, 4.69) is 4.72 Å². The fourth-order valence-corrected chi connectivity index (χ4v) is 3.59. The Morgan fingerprint density at radius 3 is 2.40 bits per heavy atom. The number of ether oxygens (including phenoxy) is 2. The van der Waals surface area contributed by atoms with Crippen molar-refractivity contribution in [2.45, 2.75) is 4.21 Å². The molecule has 0 saturated carbocycles. The molecule has 0 spiro atoms. The van der Waals surface area contributed by atoms with Crippen LogP contribution in [-0.4, -0.2) is 22.6 Å². The maximum Gasteiger partial charge on any atom is 0.271 e. The van der Waals surface area contributed by atoms with Gasteiger partial charge in [-0.15, -0.1) is 11.3 Å². The number of nitrogens with one attached hydrogen (secondary N) is 1. The molecule has 0 bridgehead atoms. The lowest BCUT2D eigenvalue weighted by Crippen LogP contribution is -2.12. The summed E-state index contributed by atoms with van der Waals surface area (Å²) in [5.41, 5.74) is -0.198. The van der Waals surface area contributed by atoms with Crippen molar-refractivity contribution in [2.24, 2.45) is 0 Å². The SMILES string of the molecule is COc1cc(F)c(NS(=O)(=O)c2cccs2)cc1OC. The number of sulfonamides is 1. The molecule has 0 saturated heterocycles. The van der Waals surface area contributed by atoms with E-state index in [0.717, 1.165) is 17.4 Å². The van der Waals surface area contributed by atoms with Crippen LogP contribution in [0.15, 0.2) is 33.9 Å². The van der Waals surface area contributed by atoms with Crippen molar-refractivity contribution in [2.75, 3.05) is 18.9 Å². The van der Waals surface area contributed by atoms with E-state index in [1.807, 2.05) is 0 Å². The number of benzene rings is 1. The molecular weight excluding hydrogens is 305 g/mol. The molecule has 0 atom stereocenters. The van der Waals surface area contributed by atoms with E-state index in [0.29, 0.717) is 0 Å². The van der Waals surface area contributed by atoms with E-state index in [-0.39, 0.29) is 21.4 Å². The fraction of sp³-hybridized carbons (Fsp3) is 0.167. The molecule has 1 heterocycles. The average Bonchev–Trinajstić information content (AvgIpc) is 2.95. The number of methoxy groups -OCH3 is 2. The highest BCUT2D eigenvalue weighted by molar-refractivity contribution is 7.94. The molecule has 2 rings (SSSR count). The molecule has 0 aliphatic rings. The van der Waals surface area contributed by atoms with Gasteiger partial charge in [0.25, 0.3) is 10.0 Å². The minimum atomic E-state index is -3.80. The van der Waals surface area contributed by atoms with Gasteiger partial charge in [0.2, 0.25) is 0 Å². The smallest absolute Gasteiger partial charge is 0.271 e. The van der Waals surface area contributed by atoms with E-state index >= 15 is 0 Å². The van der Waals surface area contributed by atoms with Crippen LogP contribution in [0, 0.1) is 5.82 Å². The summed E-state index contributed by atoms with van der Waals surface area (Å²) in [4.78, 5) is 0. The lowest BCUT2D eigenvalue weighted by Gasteiger charge is -2.12. The molecule has 5 nitrogen and oxygen atoms in total. The van der Waals surface area contributed by atoms with Crippen LogP contribution in [0.5, 0.6) is 11.5 Å². The molecule has 2 aromatic rings. The van der Waals surface area contributed by atoms with Crippen molar-refractivity contribution < 1.29 is 22.3 Å². The Hall–Kier alpha value is -1.80. The Labute approximate surface area is 120 Å². The summed E-state index contributed by atoms with van der Waals surface area (Å²) in [6.07, 6.45) is 0. The second kappa shape index (κ2) is 5.68. The molecule has 0 aliphatic carbocycles. The first kappa shape index (κ1) is 14.6. The van der Waals surface area contributed by atoms with Gasteiger partial charge in [0.1, 0.15) is 4.21 Å². The minimum absolute atomic E-state index is 0.103. The molecule has 0 radical (unpaired) electrons. The molecule has 0 aliphatic heterocycles. The largest absolute Gasteiger partial charge is 0.493 e. The van der Waals surface area contributed by atoms with Gasteiger partial charge >= 0.3 is 0 Å². The molecule has 108 valence electrons. The molecule has 1 N–H and O–H groups in total. The summed E-state index contributed by atoms with van der Waals surface area (Å²) in [5, 5.41) is 1.62. The van der Waals surface area contributed by atoms with Crippen molar-refractivity contribution in [1.82, 2.24) is 0 Å². The van der Waals surface area contributed by atoms with Gasteiger partial charge in [0, 0.05) is 12.1 Å². The van der Waals surface area contributed by atoms with Crippen LogP contribution < -0.4 is 14.2 Å². The predicted molar refractivity (Wildman–Crippen MR) is 74.6 cm³/mol. The van der Waals surface area contributed by atoms with E-state index in [4.69, 9.17) is 9.47 Å². The van der Waals surface area contributed by atoms with E-state index in [1.165, 1.54) is 26.4 Å². The van der Waals surface area contributed by atoms with Crippen LogP contribution in [-0.2, 0) is 10.0 Å². The molecule has 8 heteroatoms. The molecule has 0 unspecified atom stereocenters. The van der Waals surface area contributed by atoms with Gasteiger partial charge in [-0.1, -0.05) is 6.07 Å². The quantitative estimate of drug-likeness (QED) is 0.921. The number of halogens is 1. The predicted octanol–water partition coefficient (Wildman–Crippen LogP) is 2.71. The van der Waals surface area contributed by atoms with Gasteiger partial charge in [0.05, 0.1) is 19.9 Å². The summed E-state index contributed by atoms with van der Waals surface area (Å²) >= 11 is 1.04. The number of rotatable bonds is 5. The van der Waals surface area contributed by atoms with Crippen molar-refractivity contribution in [3.8, 4) is 11.5 Å². The third kappa shape index (κ3) is 2.86. The number of thiophene rings is 1. The Morgan fingerprint density at radius 1 is 1.20 bits per heavy atom. The van der Waals surface area contributed by atoms with Gasteiger partial charge in [-0.05, 0) is 11.4 Å². The van der Waals surface area contributed by atoms with Crippen LogP contribution in [0.3, 0.4) is 0 Å². The Kier molecular flexibility index (Phi) is 4.15.